The number of nitrogens with one attached hydrogen (secondary N) is 3. The molecule has 1 fully saturated rings. The van der Waals surface area contributed by atoms with Crippen molar-refractivity contribution in [2.45, 2.75) is 39.0 Å². The number of ketones is 1. The van der Waals surface area contributed by atoms with Gasteiger partial charge in [0.1, 0.15) is 5.82 Å². The minimum absolute atomic E-state index is 0.00995. The first-order valence-corrected chi connectivity index (χ1v) is 10.4. The normalized spacial score (nSPS) is 16.6. The van der Waals surface area contributed by atoms with Crippen molar-refractivity contribution in [2.75, 3.05) is 10.6 Å². The number of hydrogen-bond acceptors (Lipinski definition) is 4. The molecule has 1 amide bonds. The molecule has 30 heavy (non-hydrogen) atoms. The van der Waals surface area contributed by atoms with Crippen molar-refractivity contribution >= 4 is 28.9 Å². The summed E-state index contributed by atoms with van der Waals surface area (Å²) in [6.07, 6.45) is 5.77. The molecule has 2 aromatic heterocycles. The summed E-state index contributed by atoms with van der Waals surface area (Å²) in [5, 5.41) is 6.39. The van der Waals surface area contributed by atoms with Crippen molar-refractivity contribution in [1.82, 2.24) is 9.97 Å². The van der Waals surface area contributed by atoms with Gasteiger partial charge in [-0.2, -0.15) is 0 Å². The highest BCUT2D eigenvalue weighted by Gasteiger charge is 2.45. The number of fused-ring (bicyclic) bond motifs is 1. The third-order valence-electron chi connectivity index (χ3n) is 6.07. The number of aromatic amines is 1. The number of benzene rings is 1. The Morgan fingerprint density at radius 2 is 1.93 bits per heavy atom. The second kappa shape index (κ2) is 7.13. The number of pyridine rings is 1. The number of para-hydroxylation sites is 1. The molecule has 2 aliphatic carbocycles. The van der Waals surface area contributed by atoms with E-state index >= 15 is 0 Å². The van der Waals surface area contributed by atoms with Gasteiger partial charge >= 0.3 is 0 Å². The van der Waals surface area contributed by atoms with Crippen LogP contribution in [0.15, 0.2) is 48.7 Å². The molecule has 3 aromatic rings. The maximum atomic E-state index is 12.7. The highest BCUT2D eigenvalue weighted by molar-refractivity contribution is 6.07. The Hall–Kier alpha value is -3.41. The first-order chi connectivity index (χ1) is 14.5. The van der Waals surface area contributed by atoms with Crippen molar-refractivity contribution in [3.8, 4) is 11.3 Å². The number of hydrogen-bond donors (Lipinski definition) is 3. The Labute approximate surface area is 175 Å². The SMILES string of the molecule is CC1(C(=O)Nc2cc(-c3[nH]c4c(c3Nc3ccccc3)C(=O)CCC4)ccn2)CC1. The van der Waals surface area contributed by atoms with Gasteiger partial charge in [-0.15, -0.1) is 0 Å². The van der Waals surface area contributed by atoms with Crippen LogP contribution in [0.4, 0.5) is 17.2 Å². The number of amides is 1. The third-order valence-corrected chi connectivity index (χ3v) is 6.07. The molecule has 6 heteroatoms. The molecule has 0 spiro atoms. The molecule has 1 aromatic carbocycles. The van der Waals surface area contributed by atoms with Crippen LogP contribution in [0.25, 0.3) is 11.3 Å². The molecule has 2 aliphatic rings. The fraction of sp³-hybridized carbons (Fsp3) is 0.292. The number of carbonyl (C=O) groups is 2. The summed E-state index contributed by atoms with van der Waals surface area (Å²) in [6.45, 7) is 1.97. The smallest absolute Gasteiger partial charge is 0.231 e. The van der Waals surface area contributed by atoms with Gasteiger partial charge in [-0.3, -0.25) is 9.59 Å². The Balaban J connectivity index is 1.54. The Bertz CT molecular complexity index is 1130. The zero-order valence-corrected chi connectivity index (χ0v) is 16.9. The molecule has 2 heterocycles. The molecule has 152 valence electrons. The van der Waals surface area contributed by atoms with Crippen LogP contribution in [0.3, 0.4) is 0 Å². The highest BCUT2D eigenvalue weighted by atomic mass is 16.2. The molecule has 0 saturated heterocycles. The summed E-state index contributed by atoms with van der Waals surface area (Å²) in [7, 11) is 0. The molecular formula is C24H24N4O2. The summed E-state index contributed by atoms with van der Waals surface area (Å²) < 4.78 is 0. The van der Waals surface area contributed by atoms with Gasteiger partial charge in [0.25, 0.3) is 0 Å². The summed E-state index contributed by atoms with van der Waals surface area (Å²) in [4.78, 5) is 33.0. The number of Topliss-reactive ketones (excluding diaryl/α,β-unsaturated/α-hetero) is 1. The van der Waals surface area contributed by atoms with Gasteiger partial charge in [-0.1, -0.05) is 25.1 Å². The van der Waals surface area contributed by atoms with Crippen molar-refractivity contribution in [3.63, 3.8) is 0 Å². The lowest BCUT2D eigenvalue weighted by atomic mass is 9.95. The molecule has 6 nitrogen and oxygen atoms in total. The molecule has 0 atom stereocenters. The molecule has 0 radical (unpaired) electrons. The number of H-pyrrole nitrogens is 1. The molecular weight excluding hydrogens is 376 g/mol. The van der Waals surface area contributed by atoms with E-state index in [1.165, 1.54) is 0 Å². The van der Waals surface area contributed by atoms with E-state index in [-0.39, 0.29) is 17.1 Å². The summed E-state index contributed by atoms with van der Waals surface area (Å²) in [5.74, 6) is 0.687. The fourth-order valence-corrected chi connectivity index (χ4v) is 3.94. The van der Waals surface area contributed by atoms with E-state index in [1.807, 2.05) is 49.4 Å². The minimum Gasteiger partial charge on any atom is -0.356 e. The number of aromatic nitrogens is 2. The van der Waals surface area contributed by atoms with Gasteiger partial charge in [0.15, 0.2) is 5.78 Å². The van der Waals surface area contributed by atoms with Crippen LogP contribution < -0.4 is 10.6 Å². The molecule has 5 rings (SSSR count). The predicted molar refractivity (Wildman–Crippen MR) is 117 cm³/mol. The maximum Gasteiger partial charge on any atom is 0.231 e. The largest absolute Gasteiger partial charge is 0.356 e. The summed E-state index contributed by atoms with van der Waals surface area (Å²) in [6, 6.07) is 13.6. The summed E-state index contributed by atoms with van der Waals surface area (Å²) in [5.41, 5.74) is 4.87. The van der Waals surface area contributed by atoms with Gasteiger partial charge in [0.2, 0.25) is 5.91 Å². The van der Waals surface area contributed by atoms with Crippen LogP contribution in [-0.2, 0) is 11.2 Å². The van der Waals surface area contributed by atoms with E-state index in [0.29, 0.717) is 12.2 Å². The van der Waals surface area contributed by atoms with Gasteiger partial charge in [-0.25, -0.2) is 4.98 Å². The second-order valence-electron chi connectivity index (χ2n) is 8.44. The lowest BCUT2D eigenvalue weighted by Crippen LogP contribution is -2.21. The Kier molecular flexibility index (Phi) is 4.42. The lowest BCUT2D eigenvalue weighted by molar-refractivity contribution is -0.120. The average molecular weight is 400 g/mol. The van der Waals surface area contributed by atoms with E-state index in [2.05, 4.69) is 20.6 Å². The predicted octanol–water partition coefficient (Wildman–Crippen LogP) is 5.08. The zero-order valence-electron chi connectivity index (χ0n) is 16.9. The molecule has 3 N–H and O–H groups in total. The number of anilines is 3. The van der Waals surface area contributed by atoms with Gasteiger partial charge in [0, 0.05) is 35.0 Å². The van der Waals surface area contributed by atoms with Crippen LogP contribution in [-0.4, -0.2) is 21.7 Å². The van der Waals surface area contributed by atoms with Crippen molar-refractivity contribution < 1.29 is 9.59 Å². The second-order valence-corrected chi connectivity index (χ2v) is 8.44. The van der Waals surface area contributed by atoms with E-state index in [9.17, 15) is 9.59 Å². The van der Waals surface area contributed by atoms with E-state index in [1.54, 1.807) is 6.20 Å². The van der Waals surface area contributed by atoms with Gasteiger partial charge in [-0.05, 0) is 49.9 Å². The van der Waals surface area contributed by atoms with Gasteiger partial charge < -0.3 is 15.6 Å². The molecule has 0 aliphatic heterocycles. The highest BCUT2D eigenvalue weighted by Crippen LogP contribution is 2.46. The molecule has 0 unspecified atom stereocenters. The van der Waals surface area contributed by atoms with Crippen molar-refractivity contribution in [2.24, 2.45) is 5.41 Å². The van der Waals surface area contributed by atoms with E-state index in [0.717, 1.165) is 59.6 Å². The van der Waals surface area contributed by atoms with Crippen LogP contribution >= 0.6 is 0 Å². The topological polar surface area (TPSA) is 86.9 Å². The first kappa shape index (κ1) is 18.6. The number of rotatable bonds is 5. The number of aryl methyl sites for hydroxylation is 1. The maximum absolute atomic E-state index is 12.7. The number of carbonyl (C=O) groups excluding carboxylic acids is 2. The van der Waals surface area contributed by atoms with E-state index in [4.69, 9.17) is 0 Å². The minimum atomic E-state index is -0.268. The van der Waals surface area contributed by atoms with E-state index < -0.39 is 0 Å². The standard InChI is InChI=1S/C24H24N4O2/c1-24(11-12-24)23(30)28-19-14-15(10-13-25-19)21-22(26-16-6-3-2-4-7-16)20-17(27-21)8-5-9-18(20)29/h2-4,6-7,10,13-14,26-27H,5,8-9,11-12H2,1H3,(H,25,28,30). The third kappa shape index (κ3) is 3.38. The quantitative estimate of drug-likeness (QED) is 0.557. The zero-order chi connectivity index (χ0) is 20.7. The Morgan fingerprint density at radius 3 is 2.70 bits per heavy atom. The Morgan fingerprint density at radius 1 is 1.13 bits per heavy atom. The fourth-order valence-electron chi connectivity index (χ4n) is 3.94. The molecule has 1 saturated carbocycles. The van der Waals surface area contributed by atoms with Crippen LogP contribution in [0.2, 0.25) is 0 Å². The van der Waals surface area contributed by atoms with Crippen LogP contribution in [0, 0.1) is 5.41 Å². The summed E-state index contributed by atoms with van der Waals surface area (Å²) >= 11 is 0. The number of nitrogens with zero attached hydrogens (tertiary/aromatic N) is 1. The lowest BCUT2D eigenvalue weighted by Gasteiger charge is -2.14. The van der Waals surface area contributed by atoms with Crippen LogP contribution in [0.1, 0.15) is 48.7 Å². The van der Waals surface area contributed by atoms with Crippen molar-refractivity contribution in [1.29, 1.82) is 0 Å². The van der Waals surface area contributed by atoms with Crippen molar-refractivity contribution in [3.05, 3.63) is 59.9 Å². The average Bonchev–Trinajstić information content (AvgIpc) is 3.40. The van der Waals surface area contributed by atoms with Crippen LogP contribution in [0.5, 0.6) is 0 Å². The van der Waals surface area contributed by atoms with Gasteiger partial charge in [0.05, 0.1) is 16.9 Å². The first-order valence-electron chi connectivity index (χ1n) is 10.4. The molecule has 0 bridgehead atoms. The monoisotopic (exact) mass is 400 g/mol.